The number of hydrogen-bond donors (Lipinski definition) is 1. The second kappa shape index (κ2) is 9.51. The van der Waals surface area contributed by atoms with Crippen molar-refractivity contribution in [3.05, 3.63) is 81.8 Å². The summed E-state index contributed by atoms with van der Waals surface area (Å²) in [6.07, 6.45) is 0. The molecule has 0 bridgehead atoms. The highest BCUT2D eigenvalue weighted by atomic mass is 32.1. The van der Waals surface area contributed by atoms with Gasteiger partial charge in [-0.2, -0.15) is 9.61 Å². The van der Waals surface area contributed by atoms with Crippen LogP contribution in [0.5, 0.6) is 0 Å². The van der Waals surface area contributed by atoms with Gasteiger partial charge in [0, 0.05) is 50.4 Å². The van der Waals surface area contributed by atoms with Gasteiger partial charge < -0.3 is 10.2 Å². The van der Waals surface area contributed by atoms with Crippen LogP contribution < -0.4 is 10.9 Å². The van der Waals surface area contributed by atoms with Crippen molar-refractivity contribution in [2.45, 2.75) is 13.5 Å². The number of fused-ring (bicyclic) bond motifs is 1. The fourth-order valence-corrected chi connectivity index (χ4v) is 4.81. The van der Waals surface area contributed by atoms with Crippen LogP contribution in [0.1, 0.15) is 11.3 Å². The molecule has 1 fully saturated rings. The van der Waals surface area contributed by atoms with Gasteiger partial charge in [0.1, 0.15) is 16.6 Å². The highest BCUT2D eigenvalue weighted by Crippen LogP contribution is 2.24. The number of nitrogens with zero attached hydrogens (tertiary/aromatic N) is 5. The molecule has 180 valence electrons. The lowest BCUT2D eigenvalue weighted by molar-refractivity contribution is 0.142. The van der Waals surface area contributed by atoms with E-state index in [4.69, 9.17) is 0 Å². The van der Waals surface area contributed by atoms with Gasteiger partial charge in [-0.15, -0.1) is 0 Å². The predicted molar refractivity (Wildman–Crippen MR) is 130 cm³/mol. The first-order chi connectivity index (χ1) is 16.9. The van der Waals surface area contributed by atoms with Crippen molar-refractivity contribution in [2.24, 2.45) is 0 Å². The van der Waals surface area contributed by atoms with E-state index in [2.05, 4.69) is 20.3 Å². The van der Waals surface area contributed by atoms with E-state index in [0.29, 0.717) is 43.4 Å². The van der Waals surface area contributed by atoms with Gasteiger partial charge in [-0.3, -0.25) is 9.69 Å². The maximum atomic E-state index is 13.8. The molecular formula is C24H22F2N6O2S. The van der Waals surface area contributed by atoms with Crippen molar-refractivity contribution >= 4 is 28.0 Å². The molecule has 0 unspecified atom stereocenters. The summed E-state index contributed by atoms with van der Waals surface area (Å²) in [4.78, 5) is 33.9. The highest BCUT2D eigenvalue weighted by Gasteiger charge is 2.23. The lowest BCUT2D eigenvalue weighted by Gasteiger charge is -2.34. The van der Waals surface area contributed by atoms with E-state index in [1.807, 2.05) is 31.2 Å². The molecule has 2 amide bonds. The molecule has 1 aliphatic rings. The second-order valence-electron chi connectivity index (χ2n) is 8.37. The molecule has 0 aliphatic carbocycles. The summed E-state index contributed by atoms with van der Waals surface area (Å²) in [5.41, 5.74) is 2.28. The largest absolute Gasteiger partial charge is 0.322 e. The summed E-state index contributed by atoms with van der Waals surface area (Å²) < 4.78 is 28.5. The molecular weight excluding hydrogens is 474 g/mol. The van der Waals surface area contributed by atoms with Gasteiger partial charge in [0.2, 0.25) is 4.96 Å². The normalized spacial score (nSPS) is 14.4. The molecule has 0 atom stereocenters. The fourth-order valence-electron chi connectivity index (χ4n) is 3.88. The van der Waals surface area contributed by atoms with E-state index < -0.39 is 17.7 Å². The first kappa shape index (κ1) is 23.1. The topological polar surface area (TPSA) is 82.8 Å². The van der Waals surface area contributed by atoms with Crippen LogP contribution in [-0.2, 0) is 6.54 Å². The number of nitrogens with one attached hydrogen (secondary N) is 1. The number of urea groups is 1. The van der Waals surface area contributed by atoms with Gasteiger partial charge >= 0.3 is 6.03 Å². The molecule has 1 N–H and O–H groups in total. The van der Waals surface area contributed by atoms with Gasteiger partial charge in [0.15, 0.2) is 0 Å². The summed E-state index contributed by atoms with van der Waals surface area (Å²) in [6.45, 7) is 4.38. The molecule has 3 heterocycles. The Morgan fingerprint density at radius 3 is 2.54 bits per heavy atom. The van der Waals surface area contributed by atoms with Crippen LogP contribution in [0.4, 0.5) is 19.3 Å². The van der Waals surface area contributed by atoms with Crippen LogP contribution in [0.15, 0.2) is 53.3 Å². The molecule has 0 radical (unpaired) electrons. The number of anilines is 1. The van der Waals surface area contributed by atoms with Gasteiger partial charge in [-0.25, -0.2) is 18.6 Å². The van der Waals surface area contributed by atoms with Crippen molar-refractivity contribution in [3.63, 3.8) is 0 Å². The SMILES string of the molecule is Cc1ccc(-c2nn3c(=O)cc(CN4CCN(C(=O)Nc5cc(F)ccc5F)CC4)nc3s2)cc1. The van der Waals surface area contributed by atoms with E-state index in [-0.39, 0.29) is 11.2 Å². The second-order valence-corrected chi connectivity index (χ2v) is 9.33. The number of aromatic nitrogens is 3. The van der Waals surface area contributed by atoms with Crippen LogP contribution in [0.3, 0.4) is 0 Å². The number of rotatable bonds is 4. The molecule has 11 heteroatoms. The third-order valence-corrected chi connectivity index (χ3v) is 6.77. The maximum Gasteiger partial charge on any atom is 0.322 e. The van der Waals surface area contributed by atoms with E-state index >= 15 is 0 Å². The van der Waals surface area contributed by atoms with Crippen molar-refractivity contribution in [1.82, 2.24) is 24.4 Å². The molecule has 4 aromatic rings. The van der Waals surface area contributed by atoms with Crippen molar-refractivity contribution in [1.29, 1.82) is 0 Å². The van der Waals surface area contributed by atoms with Crippen LogP contribution in [0.2, 0.25) is 0 Å². The van der Waals surface area contributed by atoms with Crippen molar-refractivity contribution in [3.8, 4) is 10.6 Å². The average Bonchev–Trinajstić information content (AvgIpc) is 3.27. The third-order valence-electron chi connectivity index (χ3n) is 5.81. The van der Waals surface area contributed by atoms with E-state index in [1.165, 1.54) is 21.9 Å². The number of carbonyl (C=O) groups is 1. The van der Waals surface area contributed by atoms with Crippen LogP contribution in [0.25, 0.3) is 15.5 Å². The van der Waals surface area contributed by atoms with Gasteiger partial charge in [-0.05, 0) is 19.1 Å². The number of piperazine rings is 1. The standard InChI is InChI=1S/C24H22F2N6O2S/c1-15-2-4-16(5-3-15)22-29-32-21(33)13-18(27-24(32)35-22)14-30-8-10-31(11-9-30)23(34)28-20-12-17(25)6-7-19(20)26/h2-7,12-13H,8-11,14H2,1H3,(H,28,34). The molecule has 2 aromatic carbocycles. The first-order valence-corrected chi connectivity index (χ1v) is 11.9. The summed E-state index contributed by atoms with van der Waals surface area (Å²) in [7, 11) is 0. The van der Waals surface area contributed by atoms with Gasteiger partial charge in [-0.1, -0.05) is 41.2 Å². The molecule has 2 aromatic heterocycles. The summed E-state index contributed by atoms with van der Waals surface area (Å²) in [6, 6.07) is 11.9. The summed E-state index contributed by atoms with van der Waals surface area (Å²) in [5, 5.41) is 7.57. The summed E-state index contributed by atoms with van der Waals surface area (Å²) in [5.74, 6) is -1.32. The molecule has 1 aliphatic heterocycles. The lowest BCUT2D eigenvalue weighted by atomic mass is 10.2. The fraction of sp³-hybridized carbons (Fsp3) is 0.250. The Morgan fingerprint density at radius 2 is 1.80 bits per heavy atom. The Kier molecular flexibility index (Phi) is 6.27. The first-order valence-electron chi connectivity index (χ1n) is 11.1. The molecule has 0 spiro atoms. The Morgan fingerprint density at radius 1 is 1.06 bits per heavy atom. The minimum absolute atomic E-state index is 0.190. The zero-order valence-electron chi connectivity index (χ0n) is 18.9. The number of hydrogen-bond acceptors (Lipinski definition) is 6. The zero-order valence-corrected chi connectivity index (χ0v) is 19.7. The van der Waals surface area contributed by atoms with Crippen LogP contribution >= 0.6 is 11.3 Å². The maximum absolute atomic E-state index is 13.8. The highest BCUT2D eigenvalue weighted by molar-refractivity contribution is 7.19. The molecule has 35 heavy (non-hydrogen) atoms. The molecule has 0 saturated carbocycles. The molecule has 5 rings (SSSR count). The third kappa shape index (κ3) is 5.05. The smallest absolute Gasteiger partial charge is 0.322 e. The number of carbonyl (C=O) groups excluding carboxylic acids is 1. The van der Waals surface area contributed by atoms with E-state index in [1.54, 1.807) is 4.90 Å². The summed E-state index contributed by atoms with van der Waals surface area (Å²) >= 11 is 1.36. The quantitative estimate of drug-likeness (QED) is 0.465. The van der Waals surface area contributed by atoms with Crippen molar-refractivity contribution < 1.29 is 13.6 Å². The number of aryl methyl sites for hydroxylation is 1. The van der Waals surface area contributed by atoms with Gasteiger partial charge in [0.05, 0.1) is 11.4 Å². The predicted octanol–water partition coefficient (Wildman–Crippen LogP) is 3.75. The lowest BCUT2D eigenvalue weighted by Crippen LogP contribution is -2.49. The average molecular weight is 497 g/mol. The van der Waals surface area contributed by atoms with Crippen LogP contribution in [0, 0.1) is 18.6 Å². The number of halogens is 2. The van der Waals surface area contributed by atoms with Gasteiger partial charge in [0.25, 0.3) is 5.56 Å². The Balaban J connectivity index is 1.23. The number of amides is 2. The van der Waals surface area contributed by atoms with E-state index in [0.717, 1.165) is 34.3 Å². The Bertz CT molecular complexity index is 1440. The Labute approximate surface area is 203 Å². The minimum Gasteiger partial charge on any atom is -0.322 e. The monoisotopic (exact) mass is 496 g/mol. The van der Waals surface area contributed by atoms with Crippen LogP contribution in [-0.4, -0.2) is 56.6 Å². The van der Waals surface area contributed by atoms with Crippen molar-refractivity contribution in [2.75, 3.05) is 31.5 Å². The molecule has 8 nitrogen and oxygen atoms in total. The molecule has 1 saturated heterocycles. The van der Waals surface area contributed by atoms with E-state index in [9.17, 15) is 18.4 Å². The number of benzene rings is 2. The Hall–Kier alpha value is -3.70. The minimum atomic E-state index is -0.695. The zero-order chi connectivity index (χ0) is 24.5.